The van der Waals surface area contributed by atoms with Crippen molar-refractivity contribution in [1.82, 2.24) is 25.1 Å². The van der Waals surface area contributed by atoms with Gasteiger partial charge in [0.2, 0.25) is 0 Å². The topological polar surface area (TPSA) is 86.8 Å². The summed E-state index contributed by atoms with van der Waals surface area (Å²) in [7, 11) is 0. The van der Waals surface area contributed by atoms with Gasteiger partial charge < -0.3 is 10.2 Å². The number of amides is 2. The average Bonchev–Trinajstić information content (AvgIpc) is 3.33. The van der Waals surface area contributed by atoms with Crippen LogP contribution < -0.4 is 5.32 Å². The summed E-state index contributed by atoms with van der Waals surface area (Å²) >= 11 is 0. The number of carbonyl (C=O) groups is 1. The van der Waals surface area contributed by atoms with Gasteiger partial charge >= 0.3 is 6.03 Å². The maximum Gasteiger partial charge on any atom is 0.322 e. The number of halogens is 1. The molecule has 1 fully saturated rings. The molecule has 3 aromatic rings. The molecule has 0 radical (unpaired) electrons. The highest BCUT2D eigenvalue weighted by Crippen LogP contribution is 2.31. The van der Waals surface area contributed by atoms with E-state index in [-0.39, 0.29) is 17.8 Å². The number of aromatic nitrogens is 4. The monoisotopic (exact) mass is 352 g/mol. The van der Waals surface area contributed by atoms with Gasteiger partial charge in [-0.25, -0.2) is 14.2 Å². The number of H-pyrrole nitrogens is 1. The van der Waals surface area contributed by atoms with Crippen LogP contribution in [0.2, 0.25) is 0 Å². The van der Waals surface area contributed by atoms with Crippen LogP contribution in [0.5, 0.6) is 0 Å². The van der Waals surface area contributed by atoms with Crippen LogP contribution in [0.25, 0.3) is 11.4 Å². The van der Waals surface area contributed by atoms with Crippen molar-refractivity contribution in [2.24, 2.45) is 0 Å². The molecule has 132 valence electrons. The summed E-state index contributed by atoms with van der Waals surface area (Å²) in [6.45, 7) is 0.580. The molecule has 8 heteroatoms. The molecule has 3 heterocycles. The van der Waals surface area contributed by atoms with Crippen LogP contribution in [0, 0.1) is 5.82 Å². The number of para-hydroxylation sites is 1. The Labute approximate surface area is 149 Å². The fourth-order valence-corrected chi connectivity index (χ4v) is 3.10. The predicted octanol–water partition coefficient (Wildman–Crippen LogP) is 3.37. The van der Waals surface area contributed by atoms with Crippen molar-refractivity contribution in [3.63, 3.8) is 0 Å². The van der Waals surface area contributed by atoms with E-state index >= 15 is 0 Å². The molecule has 4 rings (SSSR count). The van der Waals surface area contributed by atoms with E-state index in [0.717, 1.165) is 18.4 Å². The van der Waals surface area contributed by atoms with E-state index in [1.54, 1.807) is 29.4 Å². The number of benzene rings is 1. The Balaban J connectivity index is 1.53. The van der Waals surface area contributed by atoms with Crippen molar-refractivity contribution < 1.29 is 9.18 Å². The van der Waals surface area contributed by atoms with Crippen LogP contribution in [-0.2, 0) is 0 Å². The second-order valence-electron chi connectivity index (χ2n) is 6.04. The lowest BCUT2D eigenvalue weighted by molar-refractivity contribution is 0.205. The largest absolute Gasteiger partial charge is 0.322 e. The normalized spacial score (nSPS) is 16.7. The number of anilines is 1. The van der Waals surface area contributed by atoms with Gasteiger partial charge in [-0.3, -0.25) is 10.1 Å². The van der Waals surface area contributed by atoms with Gasteiger partial charge in [-0.15, -0.1) is 0 Å². The summed E-state index contributed by atoms with van der Waals surface area (Å²) in [5.74, 6) is 0.720. The Morgan fingerprint density at radius 2 is 2.04 bits per heavy atom. The Morgan fingerprint density at radius 1 is 1.23 bits per heavy atom. The Kier molecular flexibility index (Phi) is 4.30. The molecule has 0 saturated carbocycles. The van der Waals surface area contributed by atoms with Crippen LogP contribution in [0.15, 0.2) is 48.8 Å². The zero-order valence-electron chi connectivity index (χ0n) is 13.9. The molecule has 2 N–H and O–H groups in total. The molecule has 26 heavy (non-hydrogen) atoms. The van der Waals surface area contributed by atoms with Gasteiger partial charge in [-0.1, -0.05) is 12.1 Å². The maximum absolute atomic E-state index is 13.8. The second kappa shape index (κ2) is 6.91. The lowest BCUT2D eigenvalue weighted by atomic mass is 10.2. The molecule has 1 saturated heterocycles. The highest BCUT2D eigenvalue weighted by molar-refractivity contribution is 5.89. The number of likely N-dealkylation sites (tertiary alicyclic amines) is 1. The maximum atomic E-state index is 13.8. The molecule has 1 aromatic carbocycles. The van der Waals surface area contributed by atoms with Crippen molar-refractivity contribution in [2.75, 3.05) is 11.9 Å². The number of nitrogens with one attached hydrogen (secondary N) is 2. The minimum Gasteiger partial charge on any atom is -0.314 e. The van der Waals surface area contributed by atoms with E-state index in [9.17, 15) is 9.18 Å². The van der Waals surface area contributed by atoms with Crippen molar-refractivity contribution in [3.8, 4) is 11.4 Å². The van der Waals surface area contributed by atoms with E-state index in [4.69, 9.17) is 0 Å². The summed E-state index contributed by atoms with van der Waals surface area (Å²) in [5, 5.41) is 9.80. The molecule has 7 nitrogen and oxygen atoms in total. The molecule has 1 unspecified atom stereocenters. The minimum absolute atomic E-state index is 0.165. The molecular weight excluding hydrogens is 335 g/mol. The van der Waals surface area contributed by atoms with Gasteiger partial charge in [0.15, 0.2) is 5.82 Å². The first-order chi connectivity index (χ1) is 12.7. The van der Waals surface area contributed by atoms with Crippen molar-refractivity contribution in [3.05, 3.63) is 60.4 Å². The van der Waals surface area contributed by atoms with Gasteiger partial charge in [0.25, 0.3) is 0 Å². The standard InChI is InChI=1S/C18H17FN6O/c19-13-4-1-2-5-14(13)21-18(26)25-11-3-6-15(25)17-22-16(23-24-17)12-7-9-20-10-8-12/h1-2,4-5,7-10,15H,3,6,11H2,(H,21,26)(H,22,23,24). The van der Waals surface area contributed by atoms with Crippen molar-refractivity contribution in [1.29, 1.82) is 0 Å². The fourth-order valence-electron chi connectivity index (χ4n) is 3.10. The van der Waals surface area contributed by atoms with Gasteiger partial charge in [-0.05, 0) is 37.1 Å². The molecular formula is C18H17FN6O. The van der Waals surface area contributed by atoms with Crippen LogP contribution >= 0.6 is 0 Å². The summed E-state index contributed by atoms with van der Waals surface area (Å²) in [5.41, 5.74) is 1.01. The number of pyridine rings is 1. The number of rotatable bonds is 3. The van der Waals surface area contributed by atoms with E-state index in [2.05, 4.69) is 25.5 Å². The first kappa shape index (κ1) is 16.2. The van der Waals surface area contributed by atoms with Crippen molar-refractivity contribution in [2.45, 2.75) is 18.9 Å². The van der Waals surface area contributed by atoms with Gasteiger partial charge in [-0.2, -0.15) is 5.10 Å². The van der Waals surface area contributed by atoms with E-state index < -0.39 is 5.82 Å². The number of hydrogen-bond donors (Lipinski definition) is 2. The molecule has 0 bridgehead atoms. The molecule has 0 aliphatic carbocycles. The fraction of sp³-hybridized carbons (Fsp3) is 0.222. The molecule has 0 spiro atoms. The Hall–Kier alpha value is -3.29. The summed E-state index contributed by atoms with van der Waals surface area (Å²) in [6, 6.07) is 9.19. The SMILES string of the molecule is O=C(Nc1ccccc1F)N1CCCC1c1nc(-c2ccncc2)n[nH]1. The number of carbonyl (C=O) groups excluding carboxylic acids is 1. The van der Waals surface area contributed by atoms with Crippen molar-refractivity contribution >= 4 is 11.7 Å². The van der Waals surface area contributed by atoms with E-state index in [1.807, 2.05) is 12.1 Å². The highest BCUT2D eigenvalue weighted by Gasteiger charge is 2.32. The molecule has 1 aliphatic heterocycles. The number of urea groups is 1. The van der Waals surface area contributed by atoms with Gasteiger partial charge in [0.1, 0.15) is 11.6 Å². The Morgan fingerprint density at radius 3 is 2.85 bits per heavy atom. The van der Waals surface area contributed by atoms with Gasteiger partial charge in [0.05, 0.1) is 11.7 Å². The molecule has 1 atom stereocenters. The number of nitrogens with zero attached hydrogens (tertiary/aromatic N) is 4. The van der Waals surface area contributed by atoms with E-state index in [0.29, 0.717) is 18.2 Å². The smallest absolute Gasteiger partial charge is 0.314 e. The average molecular weight is 352 g/mol. The van der Waals surface area contributed by atoms with Gasteiger partial charge in [0, 0.05) is 24.5 Å². The lowest BCUT2D eigenvalue weighted by Gasteiger charge is -2.23. The zero-order chi connectivity index (χ0) is 17.9. The third-order valence-electron chi connectivity index (χ3n) is 4.39. The lowest BCUT2D eigenvalue weighted by Crippen LogP contribution is -2.35. The third-order valence-corrected chi connectivity index (χ3v) is 4.39. The predicted molar refractivity (Wildman–Crippen MR) is 93.7 cm³/mol. The van der Waals surface area contributed by atoms with E-state index in [1.165, 1.54) is 12.1 Å². The molecule has 2 aromatic heterocycles. The first-order valence-electron chi connectivity index (χ1n) is 8.37. The van der Waals surface area contributed by atoms with Crippen LogP contribution in [-0.4, -0.2) is 37.6 Å². The minimum atomic E-state index is -0.462. The summed E-state index contributed by atoms with van der Waals surface area (Å²) in [4.78, 5) is 22.8. The molecule has 1 aliphatic rings. The summed E-state index contributed by atoms with van der Waals surface area (Å²) < 4.78 is 13.8. The van der Waals surface area contributed by atoms with Crippen LogP contribution in [0.1, 0.15) is 24.7 Å². The Bertz CT molecular complexity index is 913. The highest BCUT2D eigenvalue weighted by atomic mass is 19.1. The van der Waals surface area contributed by atoms with Crippen LogP contribution in [0.3, 0.4) is 0 Å². The quantitative estimate of drug-likeness (QED) is 0.756. The third kappa shape index (κ3) is 3.13. The second-order valence-corrected chi connectivity index (χ2v) is 6.04. The number of aromatic amines is 1. The van der Waals surface area contributed by atoms with Crippen LogP contribution in [0.4, 0.5) is 14.9 Å². The summed E-state index contributed by atoms with van der Waals surface area (Å²) in [6.07, 6.45) is 4.97. The number of hydrogen-bond acceptors (Lipinski definition) is 4. The molecule has 2 amide bonds. The first-order valence-corrected chi connectivity index (χ1v) is 8.37. The zero-order valence-corrected chi connectivity index (χ0v) is 13.9.